The summed E-state index contributed by atoms with van der Waals surface area (Å²) in [6, 6.07) is 5.45. The average Bonchev–Trinajstić information content (AvgIpc) is 2.26. The van der Waals surface area contributed by atoms with E-state index in [1.54, 1.807) is 0 Å². The Morgan fingerprint density at radius 2 is 2.00 bits per heavy atom. The molecule has 86 valence electrons. The van der Waals surface area contributed by atoms with Gasteiger partial charge in [-0.15, -0.1) is 0 Å². The second-order valence-corrected chi connectivity index (χ2v) is 3.04. The molecule has 0 spiro atoms. The molecule has 7 heteroatoms. The van der Waals surface area contributed by atoms with Gasteiger partial charge in [0, 0.05) is 17.8 Å². The summed E-state index contributed by atoms with van der Waals surface area (Å²) in [6.45, 7) is -0.160. The predicted octanol–water partition coefficient (Wildman–Crippen LogP) is 0.452. The number of rotatable bonds is 5. The molecular formula is C9H10N2O5. The Bertz CT molecular complexity index is 389. The Labute approximate surface area is 90.5 Å². The number of aliphatic hydroxyl groups is 1. The Morgan fingerprint density at radius 1 is 1.44 bits per heavy atom. The zero-order valence-corrected chi connectivity index (χ0v) is 8.16. The van der Waals surface area contributed by atoms with Gasteiger partial charge < -0.3 is 15.5 Å². The number of aliphatic hydroxyl groups excluding tert-OH is 1. The molecule has 0 aliphatic carbocycles. The molecule has 0 fully saturated rings. The molecule has 1 unspecified atom stereocenters. The van der Waals surface area contributed by atoms with Crippen LogP contribution in [0.4, 0.5) is 11.4 Å². The van der Waals surface area contributed by atoms with Crippen molar-refractivity contribution in [3.05, 3.63) is 34.4 Å². The molecule has 7 nitrogen and oxygen atoms in total. The molecule has 3 N–H and O–H groups in total. The summed E-state index contributed by atoms with van der Waals surface area (Å²) in [6.07, 6.45) is -1.50. The number of benzene rings is 1. The third-order valence-corrected chi connectivity index (χ3v) is 1.86. The first kappa shape index (κ1) is 11.9. The number of nitrogens with zero attached hydrogens (tertiary/aromatic N) is 1. The van der Waals surface area contributed by atoms with Gasteiger partial charge in [-0.25, -0.2) is 4.79 Å². The highest BCUT2D eigenvalue weighted by atomic mass is 16.6. The van der Waals surface area contributed by atoms with E-state index in [2.05, 4.69) is 5.32 Å². The van der Waals surface area contributed by atoms with E-state index in [4.69, 9.17) is 10.2 Å². The van der Waals surface area contributed by atoms with Crippen molar-refractivity contribution in [2.24, 2.45) is 0 Å². The number of nitro benzene ring substituents is 1. The zero-order valence-electron chi connectivity index (χ0n) is 8.16. The molecule has 1 atom stereocenters. The quantitative estimate of drug-likeness (QED) is 0.496. The van der Waals surface area contributed by atoms with Gasteiger partial charge in [0.2, 0.25) is 0 Å². The number of anilines is 1. The summed E-state index contributed by atoms with van der Waals surface area (Å²) in [5.74, 6) is -1.32. The normalized spacial score (nSPS) is 11.8. The molecule has 1 aromatic carbocycles. The summed E-state index contributed by atoms with van der Waals surface area (Å²) in [5, 5.41) is 30.3. The second kappa shape index (κ2) is 5.08. The lowest BCUT2D eigenvalue weighted by Gasteiger charge is -2.08. The van der Waals surface area contributed by atoms with Gasteiger partial charge in [-0.2, -0.15) is 0 Å². The molecular weight excluding hydrogens is 216 g/mol. The number of carboxylic acid groups (broad SMARTS) is 1. The van der Waals surface area contributed by atoms with Gasteiger partial charge in [0.15, 0.2) is 6.10 Å². The van der Waals surface area contributed by atoms with Gasteiger partial charge in [0.25, 0.3) is 5.69 Å². The van der Waals surface area contributed by atoms with Crippen LogP contribution in [0.1, 0.15) is 0 Å². The summed E-state index contributed by atoms with van der Waals surface area (Å²) in [7, 11) is 0. The van der Waals surface area contributed by atoms with E-state index in [0.717, 1.165) is 0 Å². The van der Waals surface area contributed by atoms with E-state index in [0.29, 0.717) is 5.69 Å². The van der Waals surface area contributed by atoms with Crippen molar-refractivity contribution in [1.29, 1.82) is 0 Å². The predicted molar refractivity (Wildman–Crippen MR) is 55.2 cm³/mol. The molecule has 0 heterocycles. The van der Waals surface area contributed by atoms with E-state index < -0.39 is 17.0 Å². The molecule has 16 heavy (non-hydrogen) atoms. The fourth-order valence-electron chi connectivity index (χ4n) is 1.00. The number of hydrogen-bond donors (Lipinski definition) is 3. The minimum absolute atomic E-state index is 0.0515. The van der Waals surface area contributed by atoms with E-state index >= 15 is 0 Å². The second-order valence-electron chi connectivity index (χ2n) is 3.04. The van der Waals surface area contributed by atoms with Crippen LogP contribution < -0.4 is 5.32 Å². The lowest BCUT2D eigenvalue weighted by molar-refractivity contribution is -0.384. The number of carbonyl (C=O) groups is 1. The van der Waals surface area contributed by atoms with E-state index in [9.17, 15) is 14.9 Å². The largest absolute Gasteiger partial charge is 0.479 e. The molecule has 0 aromatic heterocycles. The standard InChI is InChI=1S/C9H10N2O5/c12-8(9(13)14)5-10-6-1-3-7(4-2-6)11(15)16/h1-4,8,10,12H,5H2,(H,13,14). The number of nitro groups is 1. The van der Waals surface area contributed by atoms with Crippen LogP contribution >= 0.6 is 0 Å². The van der Waals surface area contributed by atoms with Gasteiger partial charge in [0.05, 0.1) is 11.5 Å². The van der Waals surface area contributed by atoms with Crippen LogP contribution in [0.2, 0.25) is 0 Å². The lowest BCUT2D eigenvalue weighted by Crippen LogP contribution is -2.28. The highest BCUT2D eigenvalue weighted by Crippen LogP contribution is 2.15. The SMILES string of the molecule is O=C(O)C(O)CNc1ccc([N+](=O)[O-])cc1. The van der Waals surface area contributed by atoms with Crippen molar-refractivity contribution in [3.63, 3.8) is 0 Å². The third-order valence-electron chi connectivity index (χ3n) is 1.86. The van der Waals surface area contributed by atoms with Crippen LogP contribution in [0.5, 0.6) is 0 Å². The number of non-ortho nitro benzene ring substituents is 1. The maximum atomic E-state index is 10.3. The maximum absolute atomic E-state index is 10.3. The zero-order chi connectivity index (χ0) is 12.1. The van der Waals surface area contributed by atoms with Crippen molar-refractivity contribution < 1.29 is 19.9 Å². The minimum Gasteiger partial charge on any atom is -0.479 e. The molecule has 0 saturated carbocycles. The van der Waals surface area contributed by atoms with Crippen molar-refractivity contribution in [2.45, 2.75) is 6.10 Å². The highest BCUT2D eigenvalue weighted by Gasteiger charge is 2.12. The number of aliphatic carboxylic acids is 1. The first-order valence-corrected chi connectivity index (χ1v) is 4.40. The van der Waals surface area contributed by atoms with Crippen LogP contribution in [0.15, 0.2) is 24.3 Å². The van der Waals surface area contributed by atoms with Crippen LogP contribution in [-0.2, 0) is 4.79 Å². The smallest absolute Gasteiger partial charge is 0.334 e. The first-order valence-electron chi connectivity index (χ1n) is 4.40. The summed E-state index contributed by atoms with van der Waals surface area (Å²) >= 11 is 0. The maximum Gasteiger partial charge on any atom is 0.334 e. The molecule has 0 radical (unpaired) electrons. The molecule has 0 aliphatic rings. The van der Waals surface area contributed by atoms with Crippen molar-refractivity contribution in [3.8, 4) is 0 Å². The summed E-state index contributed by atoms with van der Waals surface area (Å²) < 4.78 is 0. The van der Waals surface area contributed by atoms with Crippen LogP contribution in [0, 0.1) is 10.1 Å². The molecule has 0 amide bonds. The number of hydrogen-bond acceptors (Lipinski definition) is 5. The van der Waals surface area contributed by atoms with Gasteiger partial charge in [0.1, 0.15) is 0 Å². The van der Waals surface area contributed by atoms with Gasteiger partial charge in [-0.3, -0.25) is 10.1 Å². The average molecular weight is 226 g/mol. The molecule has 0 saturated heterocycles. The fraction of sp³-hybridized carbons (Fsp3) is 0.222. The fourth-order valence-corrected chi connectivity index (χ4v) is 1.00. The Balaban J connectivity index is 2.56. The lowest BCUT2D eigenvalue weighted by atomic mass is 10.2. The highest BCUT2D eigenvalue weighted by molar-refractivity contribution is 5.72. The van der Waals surface area contributed by atoms with Gasteiger partial charge in [-0.1, -0.05) is 0 Å². The summed E-state index contributed by atoms with van der Waals surface area (Å²) in [5.41, 5.74) is 0.454. The number of carboxylic acids is 1. The topological polar surface area (TPSA) is 113 Å². The van der Waals surface area contributed by atoms with Crippen molar-refractivity contribution in [2.75, 3.05) is 11.9 Å². The van der Waals surface area contributed by atoms with E-state index in [1.165, 1.54) is 24.3 Å². The van der Waals surface area contributed by atoms with Crippen molar-refractivity contribution >= 4 is 17.3 Å². The van der Waals surface area contributed by atoms with Crippen LogP contribution in [-0.4, -0.2) is 33.8 Å². The molecule has 1 aromatic rings. The Hall–Kier alpha value is -2.15. The molecule has 1 rings (SSSR count). The van der Waals surface area contributed by atoms with Gasteiger partial charge >= 0.3 is 5.97 Å². The van der Waals surface area contributed by atoms with Crippen LogP contribution in [0.25, 0.3) is 0 Å². The minimum atomic E-state index is -1.50. The monoisotopic (exact) mass is 226 g/mol. The van der Waals surface area contributed by atoms with E-state index in [1.807, 2.05) is 0 Å². The molecule has 0 aliphatic heterocycles. The van der Waals surface area contributed by atoms with E-state index in [-0.39, 0.29) is 12.2 Å². The molecule has 0 bridgehead atoms. The number of nitrogens with one attached hydrogen (secondary N) is 1. The van der Waals surface area contributed by atoms with Crippen LogP contribution in [0.3, 0.4) is 0 Å². The third kappa shape index (κ3) is 3.21. The summed E-state index contributed by atoms with van der Waals surface area (Å²) in [4.78, 5) is 20.1. The van der Waals surface area contributed by atoms with Crippen molar-refractivity contribution in [1.82, 2.24) is 0 Å². The Morgan fingerprint density at radius 3 is 2.44 bits per heavy atom. The van der Waals surface area contributed by atoms with Gasteiger partial charge in [-0.05, 0) is 12.1 Å². The first-order chi connectivity index (χ1) is 7.50. The Kier molecular flexibility index (Phi) is 3.78.